The van der Waals surface area contributed by atoms with E-state index in [1.165, 1.54) is 6.42 Å². The summed E-state index contributed by atoms with van der Waals surface area (Å²) in [5.41, 5.74) is 1.20. The fourth-order valence-corrected chi connectivity index (χ4v) is 3.07. The van der Waals surface area contributed by atoms with Gasteiger partial charge in [0.25, 0.3) is 5.91 Å². The van der Waals surface area contributed by atoms with E-state index in [2.05, 4.69) is 15.5 Å². The number of likely N-dealkylation sites (tertiary alicyclic amines) is 1. The van der Waals surface area contributed by atoms with Gasteiger partial charge in [-0.25, -0.2) is 0 Å². The Morgan fingerprint density at radius 3 is 2.87 bits per heavy atom. The van der Waals surface area contributed by atoms with E-state index in [1.54, 1.807) is 6.07 Å². The molecule has 23 heavy (non-hydrogen) atoms. The lowest BCUT2D eigenvalue weighted by atomic mass is 9.93. The summed E-state index contributed by atoms with van der Waals surface area (Å²) in [5, 5.41) is 10.2. The number of carbonyl (C=O) groups is 1. The number of hydrogen-bond donors (Lipinski definition) is 2. The molecule has 1 fully saturated rings. The van der Waals surface area contributed by atoms with Gasteiger partial charge in [-0.05, 0) is 57.8 Å². The Balaban J connectivity index is 1.60. The highest BCUT2D eigenvalue weighted by atomic mass is 16.3. The molecule has 0 radical (unpaired) electrons. The molecular weight excluding hydrogens is 292 g/mol. The average molecular weight is 316 g/mol. The quantitative estimate of drug-likeness (QED) is 0.888. The van der Waals surface area contributed by atoms with Crippen molar-refractivity contribution in [1.82, 2.24) is 20.4 Å². The van der Waals surface area contributed by atoms with Crippen LogP contribution in [0.25, 0.3) is 11.5 Å². The summed E-state index contributed by atoms with van der Waals surface area (Å²) in [6.45, 7) is 4.57. The third-order valence-corrected chi connectivity index (χ3v) is 4.51. The van der Waals surface area contributed by atoms with Gasteiger partial charge in [-0.2, -0.15) is 5.10 Å². The van der Waals surface area contributed by atoms with E-state index in [9.17, 15) is 4.79 Å². The highest BCUT2D eigenvalue weighted by molar-refractivity contribution is 5.93. The molecule has 1 amide bonds. The molecule has 2 N–H and O–H groups in total. The summed E-state index contributed by atoms with van der Waals surface area (Å²) in [7, 11) is 1.98. The number of aromatic nitrogens is 2. The summed E-state index contributed by atoms with van der Waals surface area (Å²) in [5.74, 6) is 2.26. The highest BCUT2D eigenvalue weighted by Gasteiger charge is 2.25. The largest absolute Gasteiger partial charge is 0.460 e. The Hall–Kier alpha value is -2.08. The molecule has 3 rings (SSSR count). The van der Waals surface area contributed by atoms with E-state index in [0.717, 1.165) is 43.9 Å². The number of hydrogen-bond acceptors (Lipinski definition) is 4. The molecule has 0 atom stereocenters. The maximum Gasteiger partial charge on any atom is 0.274 e. The predicted octanol–water partition coefficient (Wildman–Crippen LogP) is 2.44. The first-order chi connectivity index (χ1) is 11.2. The number of rotatable bonds is 5. The van der Waals surface area contributed by atoms with Gasteiger partial charge >= 0.3 is 0 Å². The average Bonchev–Trinajstić information content (AvgIpc) is 3.21. The van der Waals surface area contributed by atoms with Gasteiger partial charge in [0.15, 0.2) is 11.5 Å². The minimum atomic E-state index is 0.00263. The maximum absolute atomic E-state index is 12.6. The molecule has 0 bridgehead atoms. The van der Waals surface area contributed by atoms with Crippen LogP contribution in [-0.4, -0.2) is 47.7 Å². The van der Waals surface area contributed by atoms with Crippen molar-refractivity contribution in [3.63, 3.8) is 0 Å². The summed E-state index contributed by atoms with van der Waals surface area (Å²) >= 11 is 0. The van der Waals surface area contributed by atoms with Crippen LogP contribution >= 0.6 is 0 Å². The van der Waals surface area contributed by atoms with Gasteiger partial charge in [0.1, 0.15) is 11.5 Å². The fraction of sp³-hybridized carbons (Fsp3) is 0.529. The van der Waals surface area contributed by atoms with Crippen molar-refractivity contribution in [1.29, 1.82) is 0 Å². The molecule has 0 aromatic carbocycles. The maximum atomic E-state index is 12.6. The number of nitrogens with one attached hydrogen (secondary N) is 2. The lowest BCUT2D eigenvalue weighted by Gasteiger charge is -2.31. The minimum absolute atomic E-state index is 0.00263. The molecule has 1 aliphatic rings. The predicted molar refractivity (Wildman–Crippen MR) is 88.2 cm³/mol. The Labute approximate surface area is 136 Å². The number of piperidine rings is 1. The number of aryl methyl sites for hydroxylation is 1. The van der Waals surface area contributed by atoms with Crippen molar-refractivity contribution in [2.45, 2.75) is 26.2 Å². The first kappa shape index (κ1) is 15.8. The summed E-state index contributed by atoms with van der Waals surface area (Å²) < 4.78 is 5.56. The highest BCUT2D eigenvalue weighted by Crippen LogP contribution is 2.23. The number of carbonyl (C=O) groups excluding carboxylic acids is 1. The van der Waals surface area contributed by atoms with Gasteiger partial charge in [-0.3, -0.25) is 9.89 Å². The van der Waals surface area contributed by atoms with Crippen LogP contribution in [0.15, 0.2) is 22.6 Å². The molecule has 2 aromatic heterocycles. The van der Waals surface area contributed by atoms with Gasteiger partial charge in [0.05, 0.1) is 0 Å². The second-order valence-electron chi connectivity index (χ2n) is 6.20. The Morgan fingerprint density at radius 2 is 2.22 bits per heavy atom. The Bertz CT molecular complexity index is 653. The lowest BCUT2D eigenvalue weighted by molar-refractivity contribution is 0.0681. The summed E-state index contributed by atoms with van der Waals surface area (Å²) in [4.78, 5) is 14.5. The van der Waals surface area contributed by atoms with Crippen molar-refractivity contribution in [3.05, 3.63) is 29.7 Å². The first-order valence-corrected chi connectivity index (χ1v) is 8.23. The zero-order valence-electron chi connectivity index (χ0n) is 13.8. The molecular formula is C17H24N4O2. The van der Waals surface area contributed by atoms with Crippen molar-refractivity contribution in [2.75, 3.05) is 26.7 Å². The van der Waals surface area contributed by atoms with Crippen LogP contribution in [-0.2, 0) is 0 Å². The van der Waals surface area contributed by atoms with Crippen LogP contribution in [0.2, 0.25) is 0 Å². The zero-order valence-corrected chi connectivity index (χ0v) is 13.8. The number of nitrogens with zero attached hydrogens (tertiary/aromatic N) is 2. The van der Waals surface area contributed by atoms with Gasteiger partial charge in [-0.1, -0.05) is 0 Å². The van der Waals surface area contributed by atoms with Crippen LogP contribution < -0.4 is 5.32 Å². The molecule has 124 valence electrons. The minimum Gasteiger partial charge on any atom is -0.460 e. The lowest BCUT2D eigenvalue weighted by Crippen LogP contribution is -2.39. The number of amides is 1. The number of aromatic amines is 1. The van der Waals surface area contributed by atoms with Gasteiger partial charge in [-0.15, -0.1) is 0 Å². The molecule has 1 aliphatic heterocycles. The summed E-state index contributed by atoms with van der Waals surface area (Å²) in [6, 6.07) is 5.55. The molecule has 0 saturated carbocycles. The molecule has 0 spiro atoms. The molecule has 0 unspecified atom stereocenters. The van der Waals surface area contributed by atoms with Crippen LogP contribution in [0.5, 0.6) is 0 Å². The monoisotopic (exact) mass is 316 g/mol. The SMILES string of the molecule is CNCCC1CCN(C(=O)c2cc(-c3ccc(C)o3)[nH]n2)CC1. The Morgan fingerprint density at radius 1 is 1.43 bits per heavy atom. The third-order valence-electron chi connectivity index (χ3n) is 4.51. The normalized spacial score (nSPS) is 16.0. The van der Waals surface area contributed by atoms with E-state index in [4.69, 9.17) is 4.42 Å². The van der Waals surface area contributed by atoms with E-state index in [1.807, 2.05) is 31.0 Å². The van der Waals surface area contributed by atoms with Crippen LogP contribution in [0.1, 0.15) is 35.5 Å². The van der Waals surface area contributed by atoms with Crippen LogP contribution in [0.4, 0.5) is 0 Å². The second kappa shape index (κ2) is 7.00. The van der Waals surface area contributed by atoms with Crippen molar-refractivity contribution < 1.29 is 9.21 Å². The third kappa shape index (κ3) is 3.64. The van der Waals surface area contributed by atoms with Gasteiger partial charge in [0.2, 0.25) is 0 Å². The van der Waals surface area contributed by atoms with Gasteiger partial charge < -0.3 is 14.6 Å². The topological polar surface area (TPSA) is 74.2 Å². The van der Waals surface area contributed by atoms with E-state index in [0.29, 0.717) is 17.4 Å². The number of H-pyrrole nitrogens is 1. The van der Waals surface area contributed by atoms with E-state index >= 15 is 0 Å². The molecule has 0 aliphatic carbocycles. The van der Waals surface area contributed by atoms with Gasteiger partial charge in [0, 0.05) is 19.2 Å². The first-order valence-electron chi connectivity index (χ1n) is 8.23. The molecule has 6 heteroatoms. The van der Waals surface area contributed by atoms with Crippen molar-refractivity contribution in [2.24, 2.45) is 5.92 Å². The van der Waals surface area contributed by atoms with Crippen molar-refractivity contribution in [3.8, 4) is 11.5 Å². The van der Waals surface area contributed by atoms with Crippen LogP contribution in [0.3, 0.4) is 0 Å². The molecule has 3 heterocycles. The smallest absolute Gasteiger partial charge is 0.274 e. The standard InChI is InChI=1S/C17H24N4O2/c1-12-3-4-16(23-12)14-11-15(20-19-14)17(22)21-9-6-13(7-10-21)5-8-18-2/h3-4,11,13,18H,5-10H2,1-2H3,(H,19,20). The van der Waals surface area contributed by atoms with Crippen LogP contribution in [0, 0.1) is 12.8 Å². The van der Waals surface area contributed by atoms with Crippen molar-refractivity contribution >= 4 is 5.91 Å². The second-order valence-corrected chi connectivity index (χ2v) is 6.20. The summed E-state index contributed by atoms with van der Waals surface area (Å²) in [6.07, 6.45) is 3.33. The van der Waals surface area contributed by atoms with E-state index in [-0.39, 0.29) is 5.91 Å². The zero-order chi connectivity index (χ0) is 16.2. The molecule has 1 saturated heterocycles. The molecule has 2 aromatic rings. The fourth-order valence-electron chi connectivity index (χ4n) is 3.07. The van der Waals surface area contributed by atoms with E-state index < -0.39 is 0 Å². The Kier molecular flexibility index (Phi) is 4.81. The number of furan rings is 1. The molecule has 6 nitrogen and oxygen atoms in total.